The molecule has 0 aromatic heterocycles. The molecule has 2 aromatic carbocycles. The third kappa shape index (κ3) is 3.70. The average Bonchev–Trinajstić information content (AvgIpc) is 2.38. The highest BCUT2D eigenvalue weighted by Gasteiger charge is 2.09. The highest BCUT2D eigenvalue weighted by molar-refractivity contribution is 9.10. The van der Waals surface area contributed by atoms with Crippen molar-refractivity contribution in [2.45, 2.75) is 13.5 Å². The normalized spacial score (nSPS) is 10.4. The number of ether oxygens (including phenoxy) is 1. The molecule has 0 heterocycles. The summed E-state index contributed by atoms with van der Waals surface area (Å²) in [6.45, 7) is 2.92. The van der Waals surface area contributed by atoms with Crippen LogP contribution < -0.4 is 10.1 Å². The van der Waals surface area contributed by atoms with E-state index in [1.807, 2.05) is 31.2 Å². The molecule has 0 bridgehead atoms. The van der Waals surface area contributed by atoms with E-state index in [9.17, 15) is 8.78 Å². The van der Waals surface area contributed by atoms with Crippen molar-refractivity contribution in [3.8, 4) is 5.75 Å². The van der Waals surface area contributed by atoms with Gasteiger partial charge in [0, 0.05) is 17.1 Å². The van der Waals surface area contributed by atoms with Crippen LogP contribution in [0.1, 0.15) is 12.5 Å². The van der Waals surface area contributed by atoms with Gasteiger partial charge >= 0.3 is 0 Å². The second kappa shape index (κ2) is 6.70. The Labute approximate surface area is 124 Å². The zero-order valence-corrected chi connectivity index (χ0v) is 12.5. The van der Waals surface area contributed by atoms with Crippen LogP contribution in [0.3, 0.4) is 0 Å². The van der Waals surface area contributed by atoms with Gasteiger partial charge in [0.05, 0.1) is 12.3 Å². The SMILES string of the molecule is CCOc1cccc(CNc2c(F)cc(F)cc2Br)c1. The van der Waals surface area contributed by atoms with Crippen LogP contribution in [0.5, 0.6) is 5.75 Å². The molecule has 0 radical (unpaired) electrons. The molecule has 0 atom stereocenters. The molecule has 2 aromatic rings. The molecule has 20 heavy (non-hydrogen) atoms. The predicted molar refractivity (Wildman–Crippen MR) is 79.0 cm³/mol. The smallest absolute Gasteiger partial charge is 0.150 e. The van der Waals surface area contributed by atoms with Crippen LogP contribution in [0.4, 0.5) is 14.5 Å². The molecule has 0 aliphatic carbocycles. The minimum atomic E-state index is -0.627. The van der Waals surface area contributed by atoms with Gasteiger partial charge in [-0.15, -0.1) is 0 Å². The molecule has 0 aliphatic heterocycles. The lowest BCUT2D eigenvalue weighted by molar-refractivity contribution is 0.340. The number of anilines is 1. The van der Waals surface area contributed by atoms with Crippen LogP contribution >= 0.6 is 15.9 Å². The lowest BCUT2D eigenvalue weighted by atomic mass is 10.2. The summed E-state index contributed by atoms with van der Waals surface area (Å²) in [4.78, 5) is 0. The van der Waals surface area contributed by atoms with Gasteiger partial charge in [0.15, 0.2) is 0 Å². The molecule has 0 spiro atoms. The fourth-order valence-electron chi connectivity index (χ4n) is 1.81. The minimum absolute atomic E-state index is 0.244. The molecule has 2 rings (SSSR count). The van der Waals surface area contributed by atoms with Crippen LogP contribution in [0.2, 0.25) is 0 Å². The molecule has 0 unspecified atom stereocenters. The summed E-state index contributed by atoms with van der Waals surface area (Å²) in [7, 11) is 0. The number of rotatable bonds is 5. The summed E-state index contributed by atoms with van der Waals surface area (Å²) in [6, 6.07) is 9.60. The quantitative estimate of drug-likeness (QED) is 0.848. The van der Waals surface area contributed by atoms with Crippen molar-refractivity contribution >= 4 is 21.6 Å². The molecule has 0 fully saturated rings. The van der Waals surface area contributed by atoms with Crippen molar-refractivity contribution in [1.82, 2.24) is 0 Å². The molecular formula is C15H14BrF2NO. The molecule has 5 heteroatoms. The number of halogens is 3. The third-order valence-electron chi connectivity index (χ3n) is 2.69. The van der Waals surface area contributed by atoms with Crippen LogP contribution in [0.15, 0.2) is 40.9 Å². The molecule has 106 valence electrons. The molecular weight excluding hydrogens is 328 g/mol. The van der Waals surface area contributed by atoms with Gasteiger partial charge in [0.2, 0.25) is 0 Å². The second-order valence-electron chi connectivity index (χ2n) is 4.18. The Morgan fingerprint density at radius 1 is 1.20 bits per heavy atom. The van der Waals surface area contributed by atoms with E-state index in [-0.39, 0.29) is 5.69 Å². The van der Waals surface area contributed by atoms with Crippen LogP contribution in [-0.4, -0.2) is 6.61 Å². The number of hydrogen-bond acceptors (Lipinski definition) is 2. The Balaban J connectivity index is 2.11. The van der Waals surface area contributed by atoms with Crippen molar-refractivity contribution < 1.29 is 13.5 Å². The lowest BCUT2D eigenvalue weighted by Gasteiger charge is -2.11. The third-order valence-corrected chi connectivity index (χ3v) is 3.31. The first-order valence-electron chi connectivity index (χ1n) is 6.20. The predicted octanol–water partition coefficient (Wildman–Crippen LogP) is 4.74. The highest BCUT2D eigenvalue weighted by atomic mass is 79.9. The Kier molecular flexibility index (Phi) is 4.95. The van der Waals surface area contributed by atoms with Gasteiger partial charge in [0.25, 0.3) is 0 Å². The van der Waals surface area contributed by atoms with Gasteiger partial charge in [-0.2, -0.15) is 0 Å². The minimum Gasteiger partial charge on any atom is -0.494 e. The first-order chi connectivity index (χ1) is 9.60. The summed E-state index contributed by atoms with van der Waals surface area (Å²) < 4.78 is 32.4. The van der Waals surface area contributed by atoms with E-state index in [1.165, 1.54) is 6.07 Å². The zero-order valence-electron chi connectivity index (χ0n) is 10.9. The van der Waals surface area contributed by atoms with Crippen molar-refractivity contribution in [3.63, 3.8) is 0 Å². The molecule has 0 amide bonds. The summed E-state index contributed by atoms with van der Waals surface area (Å²) >= 11 is 3.14. The van der Waals surface area contributed by atoms with E-state index in [0.29, 0.717) is 17.6 Å². The van der Waals surface area contributed by atoms with E-state index in [0.717, 1.165) is 17.4 Å². The van der Waals surface area contributed by atoms with Gasteiger partial charge in [-0.3, -0.25) is 0 Å². The van der Waals surface area contributed by atoms with E-state index in [4.69, 9.17) is 4.74 Å². The molecule has 0 saturated carbocycles. The summed E-state index contributed by atoms with van der Waals surface area (Å²) in [5, 5.41) is 2.95. The monoisotopic (exact) mass is 341 g/mol. The van der Waals surface area contributed by atoms with Crippen molar-refractivity contribution in [2.24, 2.45) is 0 Å². The Hall–Kier alpha value is -1.62. The first kappa shape index (κ1) is 14.8. The maximum atomic E-state index is 13.7. The summed E-state index contributed by atoms with van der Waals surface area (Å²) in [5.41, 5.74) is 1.19. The van der Waals surface area contributed by atoms with Crippen molar-refractivity contribution in [3.05, 3.63) is 58.1 Å². The van der Waals surface area contributed by atoms with Gasteiger partial charge in [0.1, 0.15) is 17.4 Å². The zero-order chi connectivity index (χ0) is 14.5. The standard InChI is InChI=1S/C15H14BrF2NO/c1-2-20-12-5-3-4-10(6-12)9-19-15-13(16)7-11(17)8-14(15)18/h3-8,19H,2,9H2,1H3. The average molecular weight is 342 g/mol. The van der Waals surface area contributed by atoms with Gasteiger partial charge < -0.3 is 10.1 Å². The number of benzene rings is 2. The maximum Gasteiger partial charge on any atom is 0.150 e. The van der Waals surface area contributed by atoms with Crippen molar-refractivity contribution in [2.75, 3.05) is 11.9 Å². The molecule has 2 nitrogen and oxygen atoms in total. The fraction of sp³-hybridized carbons (Fsp3) is 0.200. The maximum absolute atomic E-state index is 13.7. The largest absolute Gasteiger partial charge is 0.494 e. The van der Waals surface area contributed by atoms with Gasteiger partial charge in [-0.1, -0.05) is 12.1 Å². The molecule has 0 saturated heterocycles. The van der Waals surface area contributed by atoms with Crippen LogP contribution in [0, 0.1) is 11.6 Å². The lowest BCUT2D eigenvalue weighted by Crippen LogP contribution is -2.03. The van der Waals surface area contributed by atoms with E-state index < -0.39 is 11.6 Å². The van der Waals surface area contributed by atoms with Crippen molar-refractivity contribution in [1.29, 1.82) is 0 Å². The molecule has 1 N–H and O–H groups in total. The van der Waals surface area contributed by atoms with Crippen LogP contribution in [0.25, 0.3) is 0 Å². The molecule has 0 aliphatic rings. The first-order valence-corrected chi connectivity index (χ1v) is 6.99. The van der Waals surface area contributed by atoms with E-state index >= 15 is 0 Å². The van der Waals surface area contributed by atoms with E-state index in [2.05, 4.69) is 21.2 Å². The van der Waals surface area contributed by atoms with Crippen LogP contribution in [-0.2, 0) is 6.54 Å². The number of hydrogen-bond donors (Lipinski definition) is 1. The Morgan fingerprint density at radius 3 is 2.70 bits per heavy atom. The summed E-state index contributed by atoms with van der Waals surface area (Å²) in [6.07, 6.45) is 0. The second-order valence-corrected chi connectivity index (χ2v) is 5.03. The highest BCUT2D eigenvalue weighted by Crippen LogP contribution is 2.27. The fourth-order valence-corrected chi connectivity index (χ4v) is 2.36. The van der Waals surface area contributed by atoms with Gasteiger partial charge in [-0.25, -0.2) is 8.78 Å². The number of nitrogens with one attached hydrogen (secondary N) is 1. The van der Waals surface area contributed by atoms with Gasteiger partial charge in [-0.05, 0) is 46.6 Å². The Morgan fingerprint density at radius 2 is 2.00 bits per heavy atom. The van der Waals surface area contributed by atoms with E-state index in [1.54, 1.807) is 0 Å². The Bertz CT molecular complexity index is 581. The topological polar surface area (TPSA) is 21.3 Å². The summed E-state index contributed by atoms with van der Waals surface area (Å²) in [5.74, 6) is -0.471.